The summed E-state index contributed by atoms with van der Waals surface area (Å²) in [5.41, 5.74) is 3.05. The monoisotopic (exact) mass is 309 g/mol. The van der Waals surface area contributed by atoms with E-state index in [1.807, 2.05) is 12.1 Å². The van der Waals surface area contributed by atoms with E-state index in [9.17, 15) is 4.39 Å². The summed E-state index contributed by atoms with van der Waals surface area (Å²) in [5, 5.41) is 16.7. The third-order valence-electron chi connectivity index (χ3n) is 3.82. The molecule has 0 radical (unpaired) electrons. The lowest BCUT2D eigenvalue weighted by atomic mass is 10.2. The molecule has 2 heterocycles. The van der Waals surface area contributed by atoms with Crippen molar-refractivity contribution >= 4 is 11.0 Å². The number of nitrogens with zero attached hydrogens (tertiary/aromatic N) is 5. The molecule has 0 saturated heterocycles. The highest BCUT2D eigenvalue weighted by atomic mass is 19.1. The fourth-order valence-corrected chi connectivity index (χ4v) is 2.66. The molecule has 23 heavy (non-hydrogen) atoms. The molecule has 0 bridgehead atoms. The van der Waals surface area contributed by atoms with Gasteiger partial charge in [-0.05, 0) is 31.0 Å². The number of hydrogen-bond acceptors (Lipinski definition) is 5. The van der Waals surface area contributed by atoms with Gasteiger partial charge in [0.25, 0.3) is 0 Å². The molecule has 2 aromatic heterocycles. The van der Waals surface area contributed by atoms with Crippen LogP contribution >= 0.6 is 0 Å². The first-order valence-electron chi connectivity index (χ1n) is 7.24. The summed E-state index contributed by atoms with van der Waals surface area (Å²) in [4.78, 5) is 4.66. The van der Waals surface area contributed by atoms with Gasteiger partial charge in [0.15, 0.2) is 0 Å². The molecule has 1 aliphatic rings. The van der Waals surface area contributed by atoms with Gasteiger partial charge in [-0.2, -0.15) is 10.4 Å². The van der Waals surface area contributed by atoms with Crippen molar-refractivity contribution in [2.45, 2.75) is 18.9 Å². The number of imidazole rings is 1. The van der Waals surface area contributed by atoms with Gasteiger partial charge in [0.1, 0.15) is 5.82 Å². The van der Waals surface area contributed by atoms with Crippen LogP contribution < -0.4 is 4.74 Å². The molecule has 0 spiro atoms. The Bertz CT molecular complexity index is 926. The Morgan fingerprint density at radius 1 is 1.35 bits per heavy atom. The zero-order valence-electron chi connectivity index (χ0n) is 12.1. The van der Waals surface area contributed by atoms with Gasteiger partial charge in [0.05, 0.1) is 28.9 Å². The second kappa shape index (κ2) is 5.32. The molecular formula is C16H12FN5O. The van der Waals surface area contributed by atoms with Crippen molar-refractivity contribution in [3.8, 4) is 23.3 Å². The highest BCUT2D eigenvalue weighted by molar-refractivity contribution is 5.82. The molecule has 1 aromatic carbocycles. The van der Waals surface area contributed by atoms with E-state index in [0.29, 0.717) is 17.2 Å². The Morgan fingerprint density at radius 3 is 2.96 bits per heavy atom. The van der Waals surface area contributed by atoms with E-state index < -0.39 is 6.86 Å². The van der Waals surface area contributed by atoms with Gasteiger partial charge >= 0.3 is 0 Å². The zero-order valence-corrected chi connectivity index (χ0v) is 12.1. The van der Waals surface area contributed by atoms with Crippen LogP contribution in [0.5, 0.6) is 5.88 Å². The fraction of sp³-hybridized carbons (Fsp3) is 0.250. The third-order valence-corrected chi connectivity index (χ3v) is 3.82. The van der Waals surface area contributed by atoms with Crippen LogP contribution in [0, 0.1) is 11.3 Å². The SMILES string of the molecule is N#Cc1ccc2nc(-c3cnnc(OCF)c3)n(C3CC3)c2c1. The minimum atomic E-state index is -0.956. The molecule has 6 nitrogen and oxygen atoms in total. The number of halogens is 1. The maximum absolute atomic E-state index is 12.3. The van der Waals surface area contributed by atoms with Crippen molar-refractivity contribution < 1.29 is 9.13 Å². The third kappa shape index (κ3) is 2.38. The molecule has 1 fully saturated rings. The van der Waals surface area contributed by atoms with E-state index in [1.165, 1.54) is 0 Å². The van der Waals surface area contributed by atoms with E-state index in [2.05, 4.69) is 25.8 Å². The molecule has 1 saturated carbocycles. The number of nitriles is 1. The molecule has 1 aliphatic carbocycles. The predicted molar refractivity (Wildman–Crippen MR) is 80.3 cm³/mol. The van der Waals surface area contributed by atoms with E-state index in [-0.39, 0.29) is 5.88 Å². The minimum absolute atomic E-state index is 0.122. The number of aromatic nitrogens is 4. The number of rotatable bonds is 4. The van der Waals surface area contributed by atoms with Crippen molar-refractivity contribution in [2.75, 3.05) is 6.86 Å². The van der Waals surface area contributed by atoms with Crippen LogP contribution in [0.3, 0.4) is 0 Å². The Kier molecular flexibility index (Phi) is 3.15. The van der Waals surface area contributed by atoms with Crippen LogP contribution in [0.2, 0.25) is 0 Å². The number of hydrogen-bond donors (Lipinski definition) is 0. The van der Waals surface area contributed by atoms with Gasteiger partial charge < -0.3 is 9.30 Å². The van der Waals surface area contributed by atoms with Crippen molar-refractivity contribution in [2.24, 2.45) is 0 Å². The summed E-state index contributed by atoms with van der Waals surface area (Å²) in [6.07, 6.45) is 3.72. The molecule has 0 N–H and O–H groups in total. The molecular weight excluding hydrogens is 297 g/mol. The summed E-state index contributed by atoms with van der Waals surface area (Å²) >= 11 is 0. The molecule has 0 aliphatic heterocycles. The highest BCUT2D eigenvalue weighted by Crippen LogP contribution is 2.41. The standard InChI is InChI=1S/C16H12FN5O/c17-9-23-15-6-11(8-19-21-15)16-20-13-4-1-10(7-18)5-14(13)22(16)12-2-3-12/h1,4-6,8,12H,2-3,9H2. The molecule has 0 unspecified atom stereocenters. The van der Waals surface area contributed by atoms with Gasteiger partial charge in [-0.3, -0.25) is 0 Å². The fourth-order valence-electron chi connectivity index (χ4n) is 2.66. The smallest absolute Gasteiger partial charge is 0.236 e. The summed E-state index contributed by atoms with van der Waals surface area (Å²) in [7, 11) is 0. The topological polar surface area (TPSA) is 76.6 Å². The van der Waals surface area contributed by atoms with E-state index in [4.69, 9.17) is 10.00 Å². The normalized spacial score (nSPS) is 13.9. The number of benzene rings is 1. The Morgan fingerprint density at radius 2 is 2.22 bits per heavy atom. The number of fused-ring (bicyclic) bond motifs is 1. The number of ether oxygens (including phenoxy) is 1. The zero-order chi connectivity index (χ0) is 15.8. The quantitative estimate of drug-likeness (QED) is 0.740. The van der Waals surface area contributed by atoms with E-state index >= 15 is 0 Å². The Labute approximate surface area is 131 Å². The maximum Gasteiger partial charge on any atom is 0.236 e. The van der Waals surface area contributed by atoms with Crippen molar-refractivity contribution in [3.63, 3.8) is 0 Å². The van der Waals surface area contributed by atoms with E-state index in [0.717, 1.165) is 29.7 Å². The van der Waals surface area contributed by atoms with Gasteiger partial charge in [-0.25, -0.2) is 9.37 Å². The van der Waals surface area contributed by atoms with Crippen LogP contribution in [-0.4, -0.2) is 26.6 Å². The number of alkyl halides is 1. The molecule has 3 aromatic rings. The van der Waals surface area contributed by atoms with Crippen LogP contribution in [0.25, 0.3) is 22.4 Å². The molecule has 0 amide bonds. The van der Waals surface area contributed by atoms with Crippen LogP contribution in [0.4, 0.5) is 4.39 Å². The second-order valence-electron chi connectivity index (χ2n) is 5.39. The Hall–Kier alpha value is -3.01. The average Bonchev–Trinajstić information content (AvgIpc) is 3.35. The van der Waals surface area contributed by atoms with Gasteiger partial charge in [-0.15, -0.1) is 5.10 Å². The van der Waals surface area contributed by atoms with Gasteiger partial charge in [0.2, 0.25) is 12.7 Å². The summed E-state index contributed by atoms with van der Waals surface area (Å²) in [6, 6.07) is 9.57. The summed E-state index contributed by atoms with van der Waals surface area (Å²) < 4.78 is 19.2. The van der Waals surface area contributed by atoms with Gasteiger partial charge in [-0.1, -0.05) is 0 Å². The van der Waals surface area contributed by atoms with Gasteiger partial charge in [0, 0.05) is 17.7 Å². The predicted octanol–water partition coefficient (Wildman–Crippen LogP) is 3.01. The second-order valence-corrected chi connectivity index (χ2v) is 5.39. The van der Waals surface area contributed by atoms with Crippen molar-refractivity contribution in [1.29, 1.82) is 5.26 Å². The molecule has 114 valence electrons. The average molecular weight is 309 g/mol. The summed E-state index contributed by atoms with van der Waals surface area (Å²) in [5.74, 6) is 0.855. The van der Waals surface area contributed by atoms with Crippen molar-refractivity contribution in [1.82, 2.24) is 19.7 Å². The largest absolute Gasteiger partial charge is 0.445 e. The van der Waals surface area contributed by atoms with E-state index in [1.54, 1.807) is 18.3 Å². The Balaban J connectivity index is 1.91. The molecule has 7 heteroatoms. The first-order chi connectivity index (χ1) is 11.3. The summed E-state index contributed by atoms with van der Waals surface area (Å²) in [6.45, 7) is -0.956. The molecule has 0 atom stereocenters. The lowest BCUT2D eigenvalue weighted by molar-refractivity contribution is 0.183. The lowest BCUT2D eigenvalue weighted by Gasteiger charge is -2.08. The maximum atomic E-state index is 12.3. The molecule has 4 rings (SSSR count). The van der Waals surface area contributed by atoms with Crippen molar-refractivity contribution in [3.05, 3.63) is 36.0 Å². The van der Waals surface area contributed by atoms with Crippen LogP contribution in [0.15, 0.2) is 30.5 Å². The first kappa shape index (κ1) is 13.6. The minimum Gasteiger partial charge on any atom is -0.445 e. The lowest BCUT2D eigenvalue weighted by Crippen LogP contribution is -2.00. The first-order valence-corrected chi connectivity index (χ1v) is 7.24. The highest BCUT2D eigenvalue weighted by Gasteiger charge is 2.29. The van der Waals surface area contributed by atoms with Crippen LogP contribution in [0.1, 0.15) is 24.4 Å². The van der Waals surface area contributed by atoms with Crippen LogP contribution in [-0.2, 0) is 0 Å².